The highest BCUT2D eigenvalue weighted by atomic mass is 28.3. The van der Waals surface area contributed by atoms with Crippen LogP contribution in [0.5, 0.6) is 0 Å². The van der Waals surface area contributed by atoms with E-state index in [0.29, 0.717) is 13.2 Å². The van der Waals surface area contributed by atoms with Gasteiger partial charge in [0.2, 0.25) is 0 Å². The quantitative estimate of drug-likeness (QED) is 0.613. The number of rotatable bonds is 7. The number of pyridine rings is 2. The molecule has 0 spiro atoms. The highest BCUT2D eigenvalue weighted by Gasteiger charge is 2.15. The maximum Gasteiger partial charge on any atom is 0.355 e. The number of hydrogen-bond donors (Lipinski definition) is 0. The van der Waals surface area contributed by atoms with E-state index in [9.17, 15) is 0 Å². The Morgan fingerprint density at radius 3 is 2.00 bits per heavy atom. The van der Waals surface area contributed by atoms with Crippen LogP contribution in [0.3, 0.4) is 0 Å². The Labute approximate surface area is 150 Å². The average Bonchev–Trinajstić information content (AvgIpc) is 2.69. The van der Waals surface area contributed by atoms with Crippen molar-refractivity contribution < 1.29 is 8.85 Å². The molecule has 0 radical (unpaired) electrons. The molecule has 1 aromatic carbocycles. The first kappa shape index (κ1) is 17.5. The first-order chi connectivity index (χ1) is 12.3. The Morgan fingerprint density at radius 1 is 0.760 bits per heavy atom. The highest BCUT2D eigenvalue weighted by molar-refractivity contribution is 6.61. The largest absolute Gasteiger partial charge is 0.394 e. The summed E-state index contributed by atoms with van der Waals surface area (Å²) in [5.41, 5.74) is 3.97. The van der Waals surface area contributed by atoms with Gasteiger partial charge in [0, 0.05) is 31.2 Å². The predicted molar refractivity (Wildman–Crippen MR) is 103 cm³/mol. The third kappa shape index (κ3) is 4.39. The van der Waals surface area contributed by atoms with E-state index in [0.717, 1.165) is 27.7 Å². The molecule has 0 atom stereocenters. The molecule has 0 fully saturated rings. The first-order valence-electron chi connectivity index (χ1n) is 8.52. The van der Waals surface area contributed by atoms with Crippen LogP contribution < -0.4 is 5.19 Å². The summed E-state index contributed by atoms with van der Waals surface area (Å²) in [7, 11) is -1.78. The summed E-state index contributed by atoms with van der Waals surface area (Å²) >= 11 is 0. The molecule has 2 heterocycles. The zero-order valence-corrected chi connectivity index (χ0v) is 15.7. The van der Waals surface area contributed by atoms with Crippen LogP contribution >= 0.6 is 0 Å². The molecular formula is C20H22N2O2Si. The zero-order valence-electron chi connectivity index (χ0n) is 14.6. The fourth-order valence-electron chi connectivity index (χ4n) is 2.61. The van der Waals surface area contributed by atoms with Crippen LogP contribution in [0, 0.1) is 0 Å². The topological polar surface area (TPSA) is 44.2 Å². The minimum absolute atomic E-state index is 0.678. The van der Waals surface area contributed by atoms with Crippen molar-refractivity contribution in [3.8, 4) is 22.5 Å². The van der Waals surface area contributed by atoms with Crippen molar-refractivity contribution in [2.24, 2.45) is 0 Å². The van der Waals surface area contributed by atoms with Crippen molar-refractivity contribution in [2.45, 2.75) is 13.8 Å². The molecule has 2 aromatic heterocycles. The highest BCUT2D eigenvalue weighted by Crippen LogP contribution is 2.21. The number of aromatic nitrogens is 2. The van der Waals surface area contributed by atoms with Crippen LogP contribution in [0.4, 0.5) is 0 Å². The second-order valence-electron chi connectivity index (χ2n) is 5.51. The molecule has 0 aliphatic rings. The van der Waals surface area contributed by atoms with Crippen LogP contribution in [0.1, 0.15) is 13.8 Å². The van der Waals surface area contributed by atoms with E-state index in [-0.39, 0.29) is 0 Å². The minimum Gasteiger partial charge on any atom is -0.394 e. The Kier molecular flexibility index (Phi) is 6.06. The summed E-state index contributed by atoms with van der Waals surface area (Å²) in [5.74, 6) is 0. The molecule has 0 aliphatic carbocycles. The van der Waals surface area contributed by atoms with E-state index in [4.69, 9.17) is 8.85 Å². The smallest absolute Gasteiger partial charge is 0.355 e. The standard InChI is InChI=1S/C20H22N2O2Si/c1-3-23-25(24-4-2)18-11-8-16(9-12-18)17-10-13-20(22-15-17)19-7-5-6-14-21-19/h5-15,25H,3-4H2,1-2H3. The molecule has 0 aliphatic heterocycles. The van der Waals surface area contributed by atoms with Gasteiger partial charge in [-0.25, -0.2) is 0 Å². The third-order valence-corrected chi connectivity index (χ3v) is 6.04. The van der Waals surface area contributed by atoms with Crippen molar-refractivity contribution >= 4 is 14.5 Å². The van der Waals surface area contributed by atoms with E-state index >= 15 is 0 Å². The van der Waals surface area contributed by atoms with E-state index in [1.165, 1.54) is 0 Å². The van der Waals surface area contributed by atoms with E-state index in [1.807, 2.05) is 44.3 Å². The second kappa shape index (κ2) is 8.67. The molecule has 0 unspecified atom stereocenters. The van der Waals surface area contributed by atoms with Gasteiger partial charge in [-0.2, -0.15) is 0 Å². The van der Waals surface area contributed by atoms with Gasteiger partial charge >= 0.3 is 9.28 Å². The van der Waals surface area contributed by atoms with Gasteiger partial charge in [0.1, 0.15) is 0 Å². The Balaban J connectivity index is 1.78. The molecule has 4 nitrogen and oxygen atoms in total. The molecule has 0 saturated carbocycles. The Morgan fingerprint density at radius 2 is 1.44 bits per heavy atom. The summed E-state index contributed by atoms with van der Waals surface area (Å²) in [6.45, 7) is 5.36. The fraction of sp³-hybridized carbons (Fsp3) is 0.200. The van der Waals surface area contributed by atoms with E-state index in [1.54, 1.807) is 6.20 Å². The summed E-state index contributed by atoms with van der Waals surface area (Å²) in [4.78, 5) is 8.87. The normalized spacial score (nSPS) is 11.0. The van der Waals surface area contributed by atoms with Gasteiger partial charge in [-0.15, -0.1) is 0 Å². The molecule has 3 aromatic rings. The lowest BCUT2D eigenvalue weighted by Gasteiger charge is -2.15. The second-order valence-corrected chi connectivity index (χ2v) is 7.51. The molecule has 25 heavy (non-hydrogen) atoms. The molecule has 128 valence electrons. The molecule has 5 heteroatoms. The van der Waals surface area contributed by atoms with Crippen molar-refractivity contribution in [2.75, 3.05) is 13.2 Å². The Bertz CT molecular complexity index is 771. The molecule has 0 saturated heterocycles. The third-order valence-electron chi connectivity index (χ3n) is 3.84. The monoisotopic (exact) mass is 350 g/mol. The van der Waals surface area contributed by atoms with E-state index in [2.05, 4.69) is 40.3 Å². The van der Waals surface area contributed by atoms with Crippen LogP contribution in [-0.4, -0.2) is 32.5 Å². The van der Waals surface area contributed by atoms with Crippen molar-refractivity contribution in [3.05, 3.63) is 67.0 Å². The molecule has 0 amide bonds. The maximum absolute atomic E-state index is 5.78. The lowest BCUT2D eigenvalue weighted by Crippen LogP contribution is -2.36. The summed E-state index contributed by atoms with van der Waals surface area (Å²) in [6, 6.07) is 18.3. The minimum atomic E-state index is -1.78. The number of benzene rings is 1. The summed E-state index contributed by atoms with van der Waals surface area (Å²) < 4.78 is 11.6. The van der Waals surface area contributed by atoms with Gasteiger partial charge in [0.25, 0.3) is 0 Å². The number of hydrogen-bond acceptors (Lipinski definition) is 4. The first-order valence-corrected chi connectivity index (χ1v) is 10.0. The van der Waals surface area contributed by atoms with Gasteiger partial charge in [0.15, 0.2) is 0 Å². The fourth-order valence-corrected chi connectivity index (χ4v) is 4.20. The lowest BCUT2D eigenvalue weighted by molar-refractivity contribution is 0.225. The van der Waals surface area contributed by atoms with Gasteiger partial charge in [0.05, 0.1) is 11.4 Å². The predicted octanol–water partition coefficient (Wildman–Crippen LogP) is 3.31. The SMILES string of the molecule is CCO[SiH](OCC)c1ccc(-c2ccc(-c3ccccn3)nc2)cc1. The van der Waals surface area contributed by atoms with Gasteiger partial charge in [-0.3, -0.25) is 9.97 Å². The van der Waals surface area contributed by atoms with Crippen LogP contribution in [0.2, 0.25) is 0 Å². The van der Waals surface area contributed by atoms with Gasteiger partial charge < -0.3 is 8.85 Å². The van der Waals surface area contributed by atoms with Gasteiger partial charge in [-0.05, 0) is 42.8 Å². The molecular weight excluding hydrogens is 328 g/mol. The van der Waals surface area contributed by atoms with Crippen molar-refractivity contribution in [3.63, 3.8) is 0 Å². The number of nitrogens with zero attached hydrogens (tertiary/aromatic N) is 2. The van der Waals surface area contributed by atoms with Gasteiger partial charge in [-0.1, -0.05) is 36.4 Å². The maximum atomic E-state index is 5.78. The lowest BCUT2D eigenvalue weighted by atomic mass is 10.1. The molecule has 0 N–H and O–H groups in total. The Hall–Kier alpha value is -2.34. The van der Waals surface area contributed by atoms with Crippen LogP contribution in [0.15, 0.2) is 67.0 Å². The van der Waals surface area contributed by atoms with E-state index < -0.39 is 9.28 Å². The average molecular weight is 350 g/mol. The summed E-state index contributed by atoms with van der Waals surface area (Å²) in [6.07, 6.45) is 3.67. The summed E-state index contributed by atoms with van der Waals surface area (Å²) in [5, 5.41) is 1.16. The van der Waals surface area contributed by atoms with Crippen molar-refractivity contribution in [1.29, 1.82) is 0 Å². The van der Waals surface area contributed by atoms with Crippen LogP contribution in [0.25, 0.3) is 22.5 Å². The van der Waals surface area contributed by atoms with Crippen molar-refractivity contribution in [1.82, 2.24) is 9.97 Å². The van der Waals surface area contributed by atoms with Crippen LogP contribution in [-0.2, 0) is 8.85 Å². The molecule has 0 bridgehead atoms. The zero-order chi connectivity index (χ0) is 17.5. The molecule has 3 rings (SSSR count).